The van der Waals surface area contributed by atoms with Crippen molar-refractivity contribution in [3.05, 3.63) is 64.8 Å². The molecule has 1 heterocycles. The topological polar surface area (TPSA) is 130 Å². The molecule has 0 spiro atoms. The van der Waals surface area contributed by atoms with Gasteiger partial charge in [0.1, 0.15) is 25.5 Å². The third-order valence-corrected chi connectivity index (χ3v) is 7.82. The van der Waals surface area contributed by atoms with Gasteiger partial charge in [0, 0.05) is 0 Å². The fourth-order valence-electron chi connectivity index (χ4n) is 2.96. The summed E-state index contributed by atoms with van der Waals surface area (Å²) < 4.78 is 119. The molecule has 2 rings (SSSR count). The first-order valence-electron chi connectivity index (χ1n) is 11.7. The van der Waals surface area contributed by atoms with E-state index in [9.17, 15) is 48.0 Å². The molecule has 2 aromatic rings. The average Bonchev–Trinajstić information content (AvgIpc) is 3.24. The van der Waals surface area contributed by atoms with Crippen LogP contribution in [-0.2, 0) is 43.4 Å². The molecule has 0 aliphatic carbocycles. The van der Waals surface area contributed by atoms with Crippen LogP contribution >= 0.6 is 0 Å². The number of amides is 1. The number of benzene rings is 1. The molecule has 18 heteroatoms. The molecular weight excluding hydrogens is 606 g/mol. The van der Waals surface area contributed by atoms with Gasteiger partial charge in [-0.2, -0.15) is 26.3 Å². The van der Waals surface area contributed by atoms with E-state index in [1.807, 2.05) is 62.3 Å². The molecule has 0 unspecified atom stereocenters. The summed E-state index contributed by atoms with van der Waals surface area (Å²) in [6, 6.07) is 8.04. The molecular formula is C23H30F6N4O6S2. The van der Waals surface area contributed by atoms with E-state index in [2.05, 4.69) is 29.5 Å². The Balaban J connectivity index is 0.000000479. The van der Waals surface area contributed by atoms with Crippen LogP contribution < -0.4 is 9.88 Å². The number of imidazole rings is 1. The number of carbonyl (C=O) groups is 1. The van der Waals surface area contributed by atoms with Gasteiger partial charge in [0.15, 0.2) is 20.0 Å². The fourth-order valence-corrected chi connectivity index (χ4v) is 4.67. The van der Waals surface area contributed by atoms with Crippen molar-refractivity contribution < 1.29 is 57.3 Å². The lowest BCUT2D eigenvalue weighted by Gasteiger charge is -2.27. The summed E-state index contributed by atoms with van der Waals surface area (Å²) in [5, 5.41) is 2.95. The van der Waals surface area contributed by atoms with Crippen LogP contribution in [0.15, 0.2) is 49.6 Å². The van der Waals surface area contributed by atoms with Crippen LogP contribution in [0, 0.1) is 0 Å². The summed E-state index contributed by atoms with van der Waals surface area (Å²) >= 11 is 0. The van der Waals surface area contributed by atoms with E-state index in [4.69, 9.17) is 4.74 Å². The highest BCUT2D eigenvalue weighted by molar-refractivity contribution is 8.13. The van der Waals surface area contributed by atoms with Gasteiger partial charge >= 0.3 is 17.1 Å². The smallest absolute Gasteiger partial charge is 0.445 e. The van der Waals surface area contributed by atoms with Crippen LogP contribution in [-0.4, -0.2) is 45.1 Å². The third-order valence-electron chi connectivity index (χ3n) is 5.08. The molecule has 1 N–H and O–H groups in total. The summed E-state index contributed by atoms with van der Waals surface area (Å²) in [5.74, 6) is 0. The zero-order valence-electron chi connectivity index (χ0n) is 22.5. The van der Waals surface area contributed by atoms with Crippen molar-refractivity contribution >= 4 is 31.7 Å². The molecule has 1 aromatic carbocycles. The van der Waals surface area contributed by atoms with Crippen LogP contribution in [0.2, 0.25) is 0 Å². The second-order valence-corrected chi connectivity index (χ2v) is 12.5. The molecule has 0 bridgehead atoms. The van der Waals surface area contributed by atoms with Gasteiger partial charge in [-0.15, -0.1) is 0 Å². The molecule has 1 aromatic heterocycles. The van der Waals surface area contributed by atoms with Gasteiger partial charge in [-0.3, -0.25) is 0 Å². The van der Waals surface area contributed by atoms with Gasteiger partial charge in [-0.1, -0.05) is 37.3 Å². The lowest BCUT2D eigenvalue weighted by molar-refractivity contribution is -0.696. The number of nitrogens with zero attached hydrogens (tertiary/aromatic N) is 3. The highest BCUT2D eigenvalue weighted by Gasteiger charge is 2.47. The van der Waals surface area contributed by atoms with E-state index in [1.54, 1.807) is 0 Å². The molecule has 0 radical (unpaired) electrons. The van der Waals surface area contributed by atoms with Crippen LogP contribution in [0.1, 0.15) is 45.2 Å². The van der Waals surface area contributed by atoms with Gasteiger partial charge < -0.3 is 14.2 Å². The SMILES string of the molecule is C=C(C)c1cccc(C(C)(C)NC(=O)OCCn2cc[n+](CCC)c2)c1.O=S(=O)([N-]S(=O)(=O)C(F)(F)F)C(F)(F)F. The quantitative estimate of drug-likeness (QED) is 0.291. The predicted molar refractivity (Wildman–Crippen MR) is 137 cm³/mol. The van der Waals surface area contributed by atoms with E-state index in [0.29, 0.717) is 13.2 Å². The molecule has 0 saturated carbocycles. The maximum atomic E-state index is 12.2. The van der Waals surface area contributed by atoms with E-state index in [0.717, 1.165) is 33.8 Å². The van der Waals surface area contributed by atoms with Crippen molar-refractivity contribution in [2.75, 3.05) is 6.61 Å². The number of hydrogen-bond acceptors (Lipinski definition) is 6. The summed E-state index contributed by atoms with van der Waals surface area (Å²) in [7, 11) is -13.4. The Bertz CT molecular complexity index is 1380. The average molecular weight is 637 g/mol. The summed E-state index contributed by atoms with van der Waals surface area (Å²) in [5.41, 5.74) is -9.85. The van der Waals surface area contributed by atoms with E-state index in [1.165, 1.54) is 0 Å². The van der Waals surface area contributed by atoms with Gasteiger partial charge in [0.05, 0.1) is 12.1 Å². The Labute approximate surface area is 234 Å². The second kappa shape index (κ2) is 13.7. The lowest BCUT2D eigenvalue weighted by atomic mass is 9.92. The van der Waals surface area contributed by atoms with Gasteiger partial charge in [0.25, 0.3) is 0 Å². The molecule has 0 aliphatic heterocycles. The zero-order chi connectivity index (χ0) is 31.9. The number of rotatable bonds is 10. The molecule has 0 aliphatic rings. The van der Waals surface area contributed by atoms with Crippen molar-refractivity contribution in [2.24, 2.45) is 0 Å². The second-order valence-electron chi connectivity index (χ2n) is 9.05. The van der Waals surface area contributed by atoms with E-state index in [-0.39, 0.29) is 0 Å². The van der Waals surface area contributed by atoms with Crippen LogP contribution in [0.4, 0.5) is 31.1 Å². The zero-order valence-corrected chi connectivity index (χ0v) is 24.1. The first-order valence-corrected chi connectivity index (χ1v) is 14.5. The number of allylic oxidation sites excluding steroid dienone is 1. The highest BCUT2D eigenvalue weighted by atomic mass is 32.3. The Morgan fingerprint density at radius 1 is 1.07 bits per heavy atom. The number of ether oxygens (including phenoxy) is 1. The minimum Gasteiger partial charge on any atom is -0.445 e. The van der Waals surface area contributed by atoms with Crippen molar-refractivity contribution in [3.63, 3.8) is 0 Å². The molecule has 0 atom stereocenters. The monoisotopic (exact) mass is 636 g/mol. The van der Waals surface area contributed by atoms with Gasteiger partial charge in [-0.05, 0) is 44.4 Å². The third kappa shape index (κ3) is 11.0. The molecule has 0 saturated heterocycles. The Morgan fingerprint density at radius 3 is 2.12 bits per heavy atom. The first kappa shape index (κ1) is 35.9. The minimum absolute atomic E-state index is 0.328. The van der Waals surface area contributed by atoms with Gasteiger partial charge in [0.2, 0.25) is 6.33 Å². The fraction of sp³-hybridized carbons (Fsp3) is 0.478. The minimum atomic E-state index is -6.72. The number of alkyl halides is 6. The summed E-state index contributed by atoms with van der Waals surface area (Å²) in [6.45, 7) is 14.0. The predicted octanol–water partition coefficient (Wildman–Crippen LogP) is 4.94. The number of carbonyl (C=O) groups excluding carboxylic acids is 1. The number of alkyl carbamates (subject to hydrolysis) is 1. The maximum Gasteiger partial charge on any atom is 0.480 e. The number of nitrogens with one attached hydrogen (secondary N) is 1. The van der Waals surface area contributed by atoms with Crippen LogP contribution in [0.3, 0.4) is 0 Å². The van der Waals surface area contributed by atoms with Crippen LogP contribution in [0.5, 0.6) is 0 Å². The molecule has 0 fully saturated rings. The molecule has 41 heavy (non-hydrogen) atoms. The van der Waals surface area contributed by atoms with E-state index >= 15 is 0 Å². The lowest BCUT2D eigenvalue weighted by Crippen LogP contribution is -2.41. The summed E-state index contributed by atoms with van der Waals surface area (Å²) in [6.07, 6.45) is 6.72. The Hall–Kier alpha value is -3.12. The first-order chi connectivity index (χ1) is 18.5. The van der Waals surface area contributed by atoms with Gasteiger partial charge in [-0.25, -0.2) is 30.8 Å². The van der Waals surface area contributed by atoms with Crippen LogP contribution in [0.25, 0.3) is 9.70 Å². The number of hydrogen-bond donors (Lipinski definition) is 1. The Morgan fingerprint density at radius 2 is 1.63 bits per heavy atom. The van der Waals surface area contributed by atoms with Crippen molar-refractivity contribution in [1.82, 2.24) is 9.88 Å². The maximum absolute atomic E-state index is 12.2. The number of aromatic nitrogens is 2. The number of sulfonamides is 2. The number of halogens is 6. The van der Waals surface area contributed by atoms with Crippen molar-refractivity contribution in [2.45, 2.75) is 63.8 Å². The van der Waals surface area contributed by atoms with Crippen molar-refractivity contribution in [1.29, 1.82) is 0 Å². The largest absolute Gasteiger partial charge is 0.480 e. The van der Waals surface area contributed by atoms with Crippen molar-refractivity contribution in [3.8, 4) is 0 Å². The highest BCUT2D eigenvalue weighted by Crippen LogP contribution is 2.36. The number of aryl methyl sites for hydroxylation is 1. The molecule has 10 nitrogen and oxygen atoms in total. The normalized spacial score (nSPS) is 12.7. The van der Waals surface area contributed by atoms with E-state index < -0.39 is 42.7 Å². The standard InChI is InChI=1S/C21H29N3O2.C2F6NO4S2/c1-6-10-23-11-12-24(16-23)13-14-26-20(25)22-21(4,5)19-9-7-8-18(15-19)17(2)3;3-1(4,5)14(10,11)9-15(12,13)2(6,7)8/h7-9,11-12,15-16H,2,6,10,13-14H2,1,3-5H3;/q;-1/p+1. The molecule has 1 amide bonds. The summed E-state index contributed by atoms with van der Waals surface area (Å²) in [4.78, 5) is 12.2. The molecule has 232 valence electrons. The Kier molecular flexibility index (Phi) is 12.0.